The van der Waals surface area contributed by atoms with Crippen LogP contribution in [0.1, 0.15) is 19.3 Å². The number of aromatic nitrogens is 2. The first-order valence-electron chi connectivity index (χ1n) is 6.16. The lowest BCUT2D eigenvalue weighted by atomic mass is 9.66. The van der Waals surface area contributed by atoms with Gasteiger partial charge in [-0.25, -0.2) is 9.97 Å². The summed E-state index contributed by atoms with van der Waals surface area (Å²) >= 11 is 0. The molecule has 2 atom stereocenters. The maximum atomic E-state index is 9.89. The summed E-state index contributed by atoms with van der Waals surface area (Å²) in [7, 11) is 1.85. The lowest BCUT2D eigenvalue weighted by molar-refractivity contribution is -0.0491. The van der Waals surface area contributed by atoms with Crippen LogP contribution in [0.5, 0.6) is 0 Å². The minimum Gasteiger partial charge on any atom is -0.392 e. The fourth-order valence-corrected chi connectivity index (χ4v) is 2.91. The number of aliphatic hydroxyl groups is 1. The Hall–Kier alpha value is -1.36. The van der Waals surface area contributed by atoms with Crippen LogP contribution in [0.3, 0.4) is 0 Å². The van der Waals surface area contributed by atoms with Crippen molar-refractivity contribution in [2.45, 2.75) is 25.4 Å². The van der Waals surface area contributed by atoms with Gasteiger partial charge in [-0.15, -0.1) is 0 Å². The predicted molar refractivity (Wildman–Crippen MR) is 66.1 cm³/mol. The smallest absolute Gasteiger partial charge is 0.134 e. The van der Waals surface area contributed by atoms with E-state index >= 15 is 0 Å². The topological polar surface area (TPSA) is 61.3 Å². The third-order valence-electron chi connectivity index (χ3n) is 4.24. The van der Waals surface area contributed by atoms with Crippen LogP contribution in [0.2, 0.25) is 0 Å². The summed E-state index contributed by atoms with van der Waals surface area (Å²) in [5.74, 6) is 1.80. The Morgan fingerprint density at radius 2 is 2.35 bits per heavy atom. The molecule has 1 saturated carbocycles. The fourth-order valence-electron chi connectivity index (χ4n) is 2.91. The molecule has 1 aromatic heterocycles. The highest BCUT2D eigenvalue weighted by molar-refractivity contribution is 5.49. The molecule has 2 N–H and O–H groups in total. The van der Waals surface area contributed by atoms with Gasteiger partial charge in [-0.1, -0.05) is 0 Å². The zero-order valence-corrected chi connectivity index (χ0v) is 10.1. The monoisotopic (exact) mass is 234 g/mol. The fraction of sp³-hybridized carbons (Fsp3) is 0.667. The average Bonchev–Trinajstić information content (AvgIpc) is 2.85. The Bertz CT molecular complexity index is 425. The number of rotatable bonds is 2. The van der Waals surface area contributed by atoms with Crippen LogP contribution in [0.4, 0.5) is 11.6 Å². The molecule has 1 aromatic rings. The van der Waals surface area contributed by atoms with E-state index < -0.39 is 0 Å². The van der Waals surface area contributed by atoms with Gasteiger partial charge >= 0.3 is 0 Å². The van der Waals surface area contributed by atoms with Crippen LogP contribution in [-0.2, 0) is 0 Å². The molecular formula is C12H18N4O. The van der Waals surface area contributed by atoms with E-state index in [4.69, 9.17) is 0 Å². The van der Waals surface area contributed by atoms with Crippen LogP contribution in [0, 0.1) is 5.41 Å². The highest BCUT2D eigenvalue weighted by Gasteiger charge is 2.50. The Kier molecular flexibility index (Phi) is 2.43. The molecule has 3 rings (SSSR count). The number of hydrogen-bond acceptors (Lipinski definition) is 5. The van der Waals surface area contributed by atoms with E-state index in [1.54, 1.807) is 6.33 Å². The molecule has 2 aliphatic rings. The average molecular weight is 234 g/mol. The van der Waals surface area contributed by atoms with Gasteiger partial charge in [0, 0.05) is 31.6 Å². The summed E-state index contributed by atoms with van der Waals surface area (Å²) in [6.45, 7) is 1.91. The molecule has 17 heavy (non-hydrogen) atoms. The zero-order valence-electron chi connectivity index (χ0n) is 10.1. The zero-order chi connectivity index (χ0) is 11.9. The summed E-state index contributed by atoms with van der Waals surface area (Å²) in [4.78, 5) is 10.7. The van der Waals surface area contributed by atoms with Gasteiger partial charge < -0.3 is 15.3 Å². The first-order valence-corrected chi connectivity index (χ1v) is 6.16. The summed E-state index contributed by atoms with van der Waals surface area (Å²) in [5, 5.41) is 12.9. The first-order chi connectivity index (χ1) is 8.23. The molecule has 1 spiro atoms. The second-order valence-electron chi connectivity index (χ2n) is 5.10. The molecule has 1 aliphatic carbocycles. The third-order valence-corrected chi connectivity index (χ3v) is 4.24. The maximum Gasteiger partial charge on any atom is 0.134 e. The van der Waals surface area contributed by atoms with Gasteiger partial charge in [-0.3, -0.25) is 0 Å². The number of aliphatic hydroxyl groups excluding tert-OH is 1. The van der Waals surface area contributed by atoms with Crippen LogP contribution < -0.4 is 10.2 Å². The van der Waals surface area contributed by atoms with E-state index in [9.17, 15) is 5.11 Å². The highest BCUT2D eigenvalue weighted by atomic mass is 16.3. The van der Waals surface area contributed by atoms with Crippen molar-refractivity contribution in [3.8, 4) is 0 Å². The third kappa shape index (κ3) is 1.65. The molecule has 2 heterocycles. The van der Waals surface area contributed by atoms with E-state index in [0.29, 0.717) is 0 Å². The molecule has 1 saturated heterocycles. The van der Waals surface area contributed by atoms with Gasteiger partial charge in [-0.2, -0.15) is 0 Å². The van der Waals surface area contributed by atoms with Crippen LogP contribution in [-0.4, -0.2) is 41.3 Å². The Labute approximate surface area is 101 Å². The van der Waals surface area contributed by atoms with E-state index in [1.807, 2.05) is 13.1 Å². The van der Waals surface area contributed by atoms with Crippen LogP contribution >= 0.6 is 0 Å². The highest BCUT2D eigenvalue weighted by Crippen LogP contribution is 2.48. The molecule has 0 bridgehead atoms. The minimum absolute atomic E-state index is 0.113. The molecule has 5 heteroatoms. The van der Waals surface area contributed by atoms with E-state index in [1.165, 1.54) is 0 Å². The van der Waals surface area contributed by atoms with Crippen LogP contribution in [0.15, 0.2) is 12.4 Å². The standard InChI is InChI=1S/C12H18N4O/c1-13-10-6-11(15-8-14-10)16-5-4-12(7-16)3-2-9(12)17/h6,8-9,17H,2-5,7H2,1H3,(H,13,14,15). The molecule has 0 amide bonds. The van der Waals surface area contributed by atoms with Crippen molar-refractivity contribution in [2.75, 3.05) is 30.4 Å². The number of hydrogen-bond donors (Lipinski definition) is 2. The van der Waals surface area contributed by atoms with Crippen molar-refractivity contribution in [3.05, 3.63) is 12.4 Å². The Balaban J connectivity index is 1.77. The van der Waals surface area contributed by atoms with Gasteiger partial charge in [0.1, 0.15) is 18.0 Å². The largest absolute Gasteiger partial charge is 0.392 e. The van der Waals surface area contributed by atoms with E-state index in [-0.39, 0.29) is 11.5 Å². The quantitative estimate of drug-likeness (QED) is 0.795. The SMILES string of the molecule is CNc1cc(N2CCC3(CCC3O)C2)ncn1. The van der Waals surface area contributed by atoms with Gasteiger partial charge in [0.05, 0.1) is 6.10 Å². The number of anilines is 2. The molecule has 0 radical (unpaired) electrons. The Morgan fingerprint density at radius 1 is 1.47 bits per heavy atom. The van der Waals surface area contributed by atoms with Crippen molar-refractivity contribution in [1.82, 2.24) is 9.97 Å². The minimum atomic E-state index is -0.113. The molecule has 1 aliphatic heterocycles. The molecular weight excluding hydrogens is 216 g/mol. The normalized spacial score (nSPS) is 31.6. The molecule has 0 aromatic carbocycles. The molecule has 5 nitrogen and oxygen atoms in total. The summed E-state index contributed by atoms with van der Waals surface area (Å²) < 4.78 is 0. The van der Waals surface area contributed by atoms with Crippen LogP contribution in [0.25, 0.3) is 0 Å². The maximum absolute atomic E-state index is 9.89. The van der Waals surface area contributed by atoms with Gasteiger partial charge in [0.15, 0.2) is 0 Å². The van der Waals surface area contributed by atoms with Crippen molar-refractivity contribution in [3.63, 3.8) is 0 Å². The van der Waals surface area contributed by atoms with Gasteiger partial charge in [0.2, 0.25) is 0 Å². The second kappa shape index (κ2) is 3.84. The second-order valence-corrected chi connectivity index (χ2v) is 5.10. The number of nitrogens with zero attached hydrogens (tertiary/aromatic N) is 3. The lowest BCUT2D eigenvalue weighted by Gasteiger charge is -2.43. The lowest BCUT2D eigenvalue weighted by Crippen LogP contribution is -2.46. The number of nitrogens with one attached hydrogen (secondary N) is 1. The van der Waals surface area contributed by atoms with Crippen molar-refractivity contribution in [2.24, 2.45) is 5.41 Å². The molecule has 2 fully saturated rings. The van der Waals surface area contributed by atoms with Crippen molar-refractivity contribution >= 4 is 11.6 Å². The van der Waals surface area contributed by atoms with Crippen molar-refractivity contribution in [1.29, 1.82) is 0 Å². The molecule has 2 unspecified atom stereocenters. The van der Waals surface area contributed by atoms with Gasteiger partial charge in [0.25, 0.3) is 0 Å². The van der Waals surface area contributed by atoms with Gasteiger partial charge in [-0.05, 0) is 19.3 Å². The van der Waals surface area contributed by atoms with Crippen molar-refractivity contribution < 1.29 is 5.11 Å². The van der Waals surface area contributed by atoms with E-state index in [2.05, 4.69) is 20.2 Å². The Morgan fingerprint density at radius 3 is 2.94 bits per heavy atom. The summed E-state index contributed by atoms with van der Waals surface area (Å²) in [6, 6.07) is 1.96. The summed E-state index contributed by atoms with van der Waals surface area (Å²) in [5.41, 5.74) is 0.144. The predicted octanol–water partition coefficient (Wildman–Crippen LogP) is 0.869. The first kappa shape index (κ1) is 10.8. The molecule has 92 valence electrons. The summed E-state index contributed by atoms with van der Waals surface area (Å²) in [6.07, 6.45) is 4.66. The van der Waals surface area contributed by atoms with E-state index in [0.717, 1.165) is 44.0 Å².